The van der Waals surface area contributed by atoms with Gasteiger partial charge >= 0.3 is 5.69 Å². The van der Waals surface area contributed by atoms with Crippen LogP contribution < -0.4 is 15.3 Å². The average Bonchev–Trinajstić information content (AvgIpc) is 3.16. The summed E-state index contributed by atoms with van der Waals surface area (Å²) >= 11 is 0. The van der Waals surface area contributed by atoms with Crippen LogP contribution in [0.25, 0.3) is 22.3 Å². The van der Waals surface area contributed by atoms with Crippen molar-refractivity contribution in [2.24, 2.45) is 5.41 Å². The molecule has 0 spiro atoms. The molecular formula is C27H27F2N5O5. The number of ether oxygens (including phenoxy) is 2. The number of rotatable bonds is 3. The molecule has 204 valence electrons. The maximum absolute atomic E-state index is 16.2. The quantitative estimate of drug-likeness (QED) is 0.506. The van der Waals surface area contributed by atoms with E-state index in [1.165, 1.54) is 22.8 Å². The van der Waals surface area contributed by atoms with Crippen molar-refractivity contribution in [1.82, 2.24) is 19.4 Å². The number of aromatic hydroxyl groups is 1. The zero-order chi connectivity index (χ0) is 27.6. The summed E-state index contributed by atoms with van der Waals surface area (Å²) in [7, 11) is 0. The van der Waals surface area contributed by atoms with E-state index in [9.17, 15) is 19.1 Å². The molecule has 2 fully saturated rings. The Kier molecular flexibility index (Phi) is 5.83. The van der Waals surface area contributed by atoms with Crippen molar-refractivity contribution >= 4 is 22.8 Å². The monoisotopic (exact) mass is 539 g/mol. The number of piperazine rings is 1. The molecule has 5 heterocycles. The third-order valence-corrected chi connectivity index (χ3v) is 7.79. The molecule has 0 saturated carbocycles. The summed E-state index contributed by atoms with van der Waals surface area (Å²) in [6, 6.07) is 2.66. The Bertz CT molecular complexity index is 1570. The number of benzene rings is 1. The van der Waals surface area contributed by atoms with Crippen LogP contribution in [0.1, 0.15) is 19.9 Å². The number of anilines is 1. The van der Waals surface area contributed by atoms with Gasteiger partial charge in [0, 0.05) is 25.0 Å². The zero-order valence-electron chi connectivity index (χ0n) is 21.5. The summed E-state index contributed by atoms with van der Waals surface area (Å²) in [6.07, 6.45) is 1.22. The molecule has 0 unspecified atom stereocenters. The van der Waals surface area contributed by atoms with Gasteiger partial charge in [-0.25, -0.2) is 18.6 Å². The minimum absolute atomic E-state index is 0.0395. The number of carbonyl (C=O) groups excluding carboxylic acids is 1. The van der Waals surface area contributed by atoms with E-state index in [-0.39, 0.29) is 48.3 Å². The highest BCUT2D eigenvalue weighted by atomic mass is 19.1. The zero-order valence-corrected chi connectivity index (χ0v) is 21.5. The summed E-state index contributed by atoms with van der Waals surface area (Å²) in [6.45, 7) is 8.84. The van der Waals surface area contributed by atoms with Gasteiger partial charge in [-0.15, -0.1) is 0 Å². The number of nitrogens with zero attached hydrogens (tertiary/aromatic N) is 5. The van der Waals surface area contributed by atoms with Crippen LogP contribution in [0, 0.1) is 17.0 Å². The van der Waals surface area contributed by atoms with Crippen molar-refractivity contribution in [3.8, 4) is 22.8 Å². The van der Waals surface area contributed by atoms with Crippen LogP contribution in [0.4, 0.5) is 14.6 Å². The molecule has 1 N–H and O–H groups in total. The largest absolute Gasteiger partial charge is 0.507 e. The highest BCUT2D eigenvalue weighted by Crippen LogP contribution is 2.45. The smallest absolute Gasteiger partial charge is 0.351 e. The minimum atomic E-state index is -0.989. The lowest BCUT2D eigenvalue weighted by molar-refractivity contribution is -0.126. The van der Waals surface area contributed by atoms with E-state index in [1.54, 1.807) is 4.90 Å². The summed E-state index contributed by atoms with van der Waals surface area (Å²) in [5.74, 6) is -2.70. The Morgan fingerprint density at radius 3 is 2.72 bits per heavy atom. The van der Waals surface area contributed by atoms with Crippen LogP contribution in [0.5, 0.6) is 11.5 Å². The molecule has 39 heavy (non-hydrogen) atoms. The van der Waals surface area contributed by atoms with Crippen molar-refractivity contribution in [1.29, 1.82) is 0 Å². The highest BCUT2D eigenvalue weighted by molar-refractivity contribution is 5.96. The first-order valence-electron chi connectivity index (χ1n) is 12.6. The lowest BCUT2D eigenvalue weighted by Crippen LogP contribution is -2.56. The molecule has 1 amide bonds. The maximum atomic E-state index is 16.2. The number of amides is 1. The number of pyridine rings is 1. The number of carbonyl (C=O) groups is 1. The number of halogens is 2. The molecule has 0 aliphatic carbocycles. The highest BCUT2D eigenvalue weighted by Gasteiger charge is 2.42. The fourth-order valence-electron chi connectivity index (χ4n) is 5.70. The average molecular weight is 540 g/mol. The molecule has 3 aliphatic rings. The number of fused-ring (bicyclic) bond motifs is 2. The van der Waals surface area contributed by atoms with Crippen molar-refractivity contribution in [3.63, 3.8) is 0 Å². The first kappa shape index (κ1) is 25.2. The minimum Gasteiger partial charge on any atom is -0.507 e. The second-order valence-electron chi connectivity index (χ2n) is 10.7. The summed E-state index contributed by atoms with van der Waals surface area (Å²) in [5, 5.41) is 10.6. The van der Waals surface area contributed by atoms with Crippen LogP contribution >= 0.6 is 0 Å². The predicted octanol–water partition coefficient (Wildman–Crippen LogP) is 2.64. The van der Waals surface area contributed by atoms with Crippen LogP contribution in [0.3, 0.4) is 0 Å². The lowest BCUT2D eigenvalue weighted by atomic mass is 9.87. The first-order valence-corrected chi connectivity index (χ1v) is 12.6. The summed E-state index contributed by atoms with van der Waals surface area (Å²) in [4.78, 5) is 38.3. The van der Waals surface area contributed by atoms with Gasteiger partial charge in [-0.3, -0.25) is 9.36 Å². The number of aromatic nitrogens is 3. The van der Waals surface area contributed by atoms with Crippen molar-refractivity contribution in [3.05, 3.63) is 53.0 Å². The van der Waals surface area contributed by atoms with Gasteiger partial charge in [-0.05, 0) is 18.2 Å². The Morgan fingerprint density at radius 1 is 1.23 bits per heavy atom. The molecule has 0 radical (unpaired) electrons. The van der Waals surface area contributed by atoms with Crippen LogP contribution in [0.15, 0.2) is 35.6 Å². The number of hydrogen-bond acceptors (Lipinski definition) is 8. The van der Waals surface area contributed by atoms with Gasteiger partial charge in [0.25, 0.3) is 0 Å². The van der Waals surface area contributed by atoms with E-state index >= 15 is 4.39 Å². The number of phenols is 1. The molecular weight excluding hydrogens is 512 g/mol. The van der Waals surface area contributed by atoms with Gasteiger partial charge in [0.15, 0.2) is 17.2 Å². The molecule has 2 aromatic heterocycles. The van der Waals surface area contributed by atoms with Gasteiger partial charge in [-0.2, -0.15) is 4.98 Å². The molecule has 10 nitrogen and oxygen atoms in total. The third kappa shape index (κ3) is 3.84. The van der Waals surface area contributed by atoms with Crippen molar-refractivity contribution in [2.45, 2.75) is 25.9 Å². The Morgan fingerprint density at radius 2 is 2.03 bits per heavy atom. The first-order chi connectivity index (χ1) is 18.6. The number of hydrogen-bond donors (Lipinski definition) is 1. The molecule has 3 aromatic rings. The SMILES string of the molecule is C=CC(=O)N1CCN2c3nc(=O)n([C@H]4COCC4(C)C)c4nc(-c5c(O)cccc5F)c(F)c(c34)OC[C@H]2C1. The Balaban J connectivity index is 1.65. The van der Waals surface area contributed by atoms with E-state index < -0.39 is 51.8 Å². The van der Waals surface area contributed by atoms with Crippen molar-refractivity contribution < 1.29 is 28.2 Å². The summed E-state index contributed by atoms with van der Waals surface area (Å²) in [5.41, 5.74) is -2.00. The van der Waals surface area contributed by atoms with Crippen molar-refractivity contribution in [2.75, 3.05) is 44.4 Å². The van der Waals surface area contributed by atoms with E-state index in [0.29, 0.717) is 19.7 Å². The normalized spacial score (nSPS) is 21.8. The van der Waals surface area contributed by atoms with Gasteiger partial charge in [-0.1, -0.05) is 26.5 Å². The standard InChI is InChI=1S/C27H27F2N5O5/c1-4-18(36)32-8-9-33-14(10-32)11-39-23-20-24(33)31-26(37)34(17-12-38-13-27(17,2)3)25(20)30-22(21(23)29)19-15(28)6-5-7-16(19)35/h4-7,14,17,35H,1,8-13H2,2-3H3/t14-,17+/m1/s1. The maximum Gasteiger partial charge on any atom is 0.351 e. The van der Waals surface area contributed by atoms with E-state index in [0.717, 1.165) is 6.07 Å². The van der Waals surface area contributed by atoms with Gasteiger partial charge in [0.05, 0.1) is 30.9 Å². The van der Waals surface area contributed by atoms with Crippen LogP contribution in [-0.2, 0) is 9.53 Å². The molecule has 0 bridgehead atoms. The second kappa shape index (κ2) is 9.01. The summed E-state index contributed by atoms with van der Waals surface area (Å²) < 4.78 is 44.3. The van der Waals surface area contributed by atoms with E-state index in [1.807, 2.05) is 18.7 Å². The second-order valence-corrected chi connectivity index (χ2v) is 10.7. The van der Waals surface area contributed by atoms with Crippen LogP contribution in [-0.4, -0.2) is 75.9 Å². The van der Waals surface area contributed by atoms with E-state index in [4.69, 9.17) is 9.47 Å². The molecule has 12 heteroatoms. The van der Waals surface area contributed by atoms with Gasteiger partial charge in [0.1, 0.15) is 35.1 Å². The molecule has 1 aromatic carbocycles. The van der Waals surface area contributed by atoms with E-state index in [2.05, 4.69) is 16.5 Å². The molecule has 2 saturated heterocycles. The van der Waals surface area contributed by atoms with Gasteiger partial charge in [0.2, 0.25) is 5.91 Å². The van der Waals surface area contributed by atoms with Crippen LogP contribution in [0.2, 0.25) is 0 Å². The predicted molar refractivity (Wildman–Crippen MR) is 138 cm³/mol. The third-order valence-electron chi connectivity index (χ3n) is 7.79. The Labute approximate surface area is 222 Å². The lowest BCUT2D eigenvalue weighted by Gasteiger charge is -2.40. The fraction of sp³-hybridized carbons (Fsp3) is 0.407. The Hall–Kier alpha value is -4.06. The fourth-order valence-corrected chi connectivity index (χ4v) is 5.70. The molecule has 2 atom stereocenters. The van der Waals surface area contributed by atoms with Gasteiger partial charge < -0.3 is 24.4 Å². The topological polar surface area (TPSA) is 110 Å². The molecule has 3 aliphatic heterocycles. The molecule has 6 rings (SSSR count). The number of phenolic OH excluding ortho intramolecular Hbond substituents is 1.